The molecule has 0 spiro atoms. The molecule has 4 heteroatoms. The monoisotopic (exact) mass is 204 g/mol. The molecule has 0 aliphatic rings. The van der Waals surface area contributed by atoms with E-state index in [9.17, 15) is 9.18 Å². The van der Waals surface area contributed by atoms with E-state index in [4.69, 9.17) is 0 Å². The number of carbonyl (C=O) groups excluding carboxylic acids is 1. The summed E-state index contributed by atoms with van der Waals surface area (Å²) in [4.78, 5) is 14.4. The summed E-state index contributed by atoms with van der Waals surface area (Å²) in [5.41, 5.74) is 0.983. The minimum atomic E-state index is -0.275. The molecule has 0 saturated carbocycles. The second kappa shape index (κ2) is 4.04. The Balaban J connectivity index is 2.29. The maximum Gasteiger partial charge on any atom is 0.168 e. The van der Waals surface area contributed by atoms with Crippen molar-refractivity contribution in [2.45, 2.75) is 6.54 Å². The van der Waals surface area contributed by atoms with Gasteiger partial charge in [0.15, 0.2) is 6.29 Å². The normalized spacial score (nSPS) is 10.2. The number of carbonyl (C=O) groups is 1. The van der Waals surface area contributed by atoms with E-state index in [1.807, 2.05) is 0 Å². The van der Waals surface area contributed by atoms with Gasteiger partial charge in [0, 0.05) is 5.56 Å². The van der Waals surface area contributed by atoms with Crippen LogP contribution in [0.15, 0.2) is 36.8 Å². The third-order valence-corrected chi connectivity index (χ3v) is 2.16. The van der Waals surface area contributed by atoms with Gasteiger partial charge in [-0.2, -0.15) is 0 Å². The zero-order chi connectivity index (χ0) is 10.7. The molecule has 76 valence electrons. The molecule has 0 aliphatic carbocycles. The molecule has 0 fully saturated rings. The average Bonchev–Trinajstić information content (AvgIpc) is 2.69. The summed E-state index contributed by atoms with van der Waals surface area (Å²) in [5.74, 6) is -0.275. The summed E-state index contributed by atoms with van der Waals surface area (Å²) < 4.78 is 14.9. The molecule has 15 heavy (non-hydrogen) atoms. The molecule has 0 atom stereocenters. The fraction of sp³-hybridized carbons (Fsp3) is 0.0909. The standard InChI is InChI=1S/C11H9FN2O/c12-11-4-2-1-3-9(11)6-14-8-13-5-10(14)7-15/h1-5,7-8H,6H2. The van der Waals surface area contributed by atoms with E-state index in [-0.39, 0.29) is 5.82 Å². The Hall–Kier alpha value is -1.97. The van der Waals surface area contributed by atoms with Gasteiger partial charge in [0.1, 0.15) is 11.5 Å². The number of rotatable bonds is 3. The first-order valence-corrected chi connectivity index (χ1v) is 4.50. The third-order valence-electron chi connectivity index (χ3n) is 2.16. The van der Waals surface area contributed by atoms with Crippen molar-refractivity contribution in [3.63, 3.8) is 0 Å². The van der Waals surface area contributed by atoms with Crippen molar-refractivity contribution in [1.29, 1.82) is 0 Å². The minimum Gasteiger partial charge on any atom is -0.324 e. The average molecular weight is 204 g/mol. The van der Waals surface area contributed by atoms with Crippen LogP contribution in [0.4, 0.5) is 4.39 Å². The van der Waals surface area contributed by atoms with Gasteiger partial charge in [-0.25, -0.2) is 9.37 Å². The molecule has 1 heterocycles. The molecule has 0 N–H and O–H groups in total. The van der Waals surface area contributed by atoms with Crippen LogP contribution in [0.25, 0.3) is 0 Å². The van der Waals surface area contributed by atoms with E-state index in [2.05, 4.69) is 4.98 Å². The molecule has 1 aromatic carbocycles. The van der Waals surface area contributed by atoms with Crippen LogP contribution in [0.5, 0.6) is 0 Å². The lowest BCUT2D eigenvalue weighted by Gasteiger charge is -2.05. The summed E-state index contributed by atoms with van der Waals surface area (Å²) >= 11 is 0. The Kier molecular flexibility index (Phi) is 2.58. The lowest BCUT2D eigenvalue weighted by atomic mass is 10.2. The van der Waals surface area contributed by atoms with Gasteiger partial charge in [0.2, 0.25) is 0 Å². The Morgan fingerprint density at radius 2 is 2.20 bits per heavy atom. The predicted octanol–water partition coefficient (Wildman–Crippen LogP) is 1.88. The number of aldehydes is 1. The molecule has 0 aliphatic heterocycles. The zero-order valence-corrected chi connectivity index (χ0v) is 7.93. The summed E-state index contributed by atoms with van der Waals surface area (Å²) in [6.45, 7) is 0.320. The van der Waals surface area contributed by atoms with Gasteiger partial charge in [-0.15, -0.1) is 0 Å². The fourth-order valence-corrected chi connectivity index (χ4v) is 1.37. The molecular formula is C11H9FN2O. The Labute approximate surface area is 86.2 Å². The van der Waals surface area contributed by atoms with Gasteiger partial charge >= 0.3 is 0 Å². The first-order chi connectivity index (χ1) is 7.31. The molecule has 0 radical (unpaired) electrons. The Bertz CT molecular complexity index is 479. The van der Waals surface area contributed by atoms with E-state index >= 15 is 0 Å². The number of aromatic nitrogens is 2. The third kappa shape index (κ3) is 1.93. The summed E-state index contributed by atoms with van der Waals surface area (Å²) in [5, 5.41) is 0. The highest BCUT2D eigenvalue weighted by atomic mass is 19.1. The smallest absolute Gasteiger partial charge is 0.168 e. The van der Waals surface area contributed by atoms with Gasteiger partial charge in [-0.05, 0) is 6.07 Å². The lowest BCUT2D eigenvalue weighted by molar-refractivity contribution is 0.111. The van der Waals surface area contributed by atoms with Gasteiger partial charge in [0.25, 0.3) is 0 Å². The summed E-state index contributed by atoms with van der Waals surface area (Å²) in [6.07, 6.45) is 3.66. The van der Waals surface area contributed by atoms with Crippen LogP contribution in [-0.2, 0) is 6.54 Å². The van der Waals surface area contributed by atoms with Crippen molar-refractivity contribution in [2.75, 3.05) is 0 Å². The molecule has 1 aromatic heterocycles. The first kappa shape index (κ1) is 9.58. The van der Waals surface area contributed by atoms with Gasteiger partial charge < -0.3 is 4.57 Å². The highest BCUT2D eigenvalue weighted by Gasteiger charge is 2.04. The van der Waals surface area contributed by atoms with Crippen LogP contribution in [0.1, 0.15) is 16.1 Å². The SMILES string of the molecule is O=Cc1cncn1Cc1ccccc1F. The van der Waals surface area contributed by atoms with Gasteiger partial charge in [-0.3, -0.25) is 4.79 Å². The maximum absolute atomic E-state index is 13.3. The van der Waals surface area contributed by atoms with Gasteiger partial charge in [-0.1, -0.05) is 18.2 Å². The number of imidazole rings is 1. The summed E-state index contributed by atoms with van der Waals surface area (Å²) in [6, 6.07) is 6.47. The first-order valence-electron chi connectivity index (χ1n) is 4.50. The summed E-state index contributed by atoms with van der Waals surface area (Å²) in [7, 11) is 0. The molecular weight excluding hydrogens is 195 g/mol. The number of halogens is 1. The van der Waals surface area contributed by atoms with Crippen LogP contribution < -0.4 is 0 Å². The van der Waals surface area contributed by atoms with Crippen molar-refractivity contribution < 1.29 is 9.18 Å². The van der Waals surface area contributed by atoms with Crippen LogP contribution in [0, 0.1) is 5.82 Å². The fourth-order valence-electron chi connectivity index (χ4n) is 1.37. The van der Waals surface area contributed by atoms with Crippen LogP contribution in [0.2, 0.25) is 0 Å². The van der Waals surface area contributed by atoms with Crippen molar-refractivity contribution >= 4 is 6.29 Å². The zero-order valence-electron chi connectivity index (χ0n) is 7.93. The van der Waals surface area contributed by atoms with Gasteiger partial charge in [0.05, 0.1) is 19.1 Å². The minimum absolute atomic E-state index is 0.275. The van der Waals surface area contributed by atoms with E-state index in [1.165, 1.54) is 18.6 Å². The number of benzene rings is 1. The van der Waals surface area contributed by atoms with E-state index in [0.717, 1.165) is 0 Å². The predicted molar refractivity (Wildman–Crippen MR) is 53.1 cm³/mol. The second-order valence-electron chi connectivity index (χ2n) is 3.16. The van der Waals surface area contributed by atoms with Crippen molar-refractivity contribution in [1.82, 2.24) is 9.55 Å². The quantitative estimate of drug-likeness (QED) is 0.715. The van der Waals surface area contributed by atoms with Crippen molar-refractivity contribution in [3.8, 4) is 0 Å². The molecule has 0 unspecified atom stereocenters. The molecule has 0 amide bonds. The number of hydrogen-bond acceptors (Lipinski definition) is 2. The molecule has 2 aromatic rings. The highest BCUT2D eigenvalue weighted by Crippen LogP contribution is 2.09. The van der Waals surface area contributed by atoms with Crippen LogP contribution >= 0.6 is 0 Å². The van der Waals surface area contributed by atoms with Crippen molar-refractivity contribution in [2.24, 2.45) is 0 Å². The van der Waals surface area contributed by atoms with E-state index < -0.39 is 0 Å². The lowest BCUT2D eigenvalue weighted by Crippen LogP contribution is -2.03. The van der Waals surface area contributed by atoms with Crippen LogP contribution in [0.3, 0.4) is 0 Å². The van der Waals surface area contributed by atoms with E-state index in [1.54, 1.807) is 22.8 Å². The largest absolute Gasteiger partial charge is 0.324 e. The second-order valence-corrected chi connectivity index (χ2v) is 3.16. The molecule has 3 nitrogen and oxygen atoms in total. The van der Waals surface area contributed by atoms with Crippen molar-refractivity contribution in [3.05, 3.63) is 53.9 Å². The highest BCUT2D eigenvalue weighted by molar-refractivity contribution is 5.71. The maximum atomic E-state index is 13.3. The van der Waals surface area contributed by atoms with Crippen LogP contribution in [-0.4, -0.2) is 15.8 Å². The molecule has 2 rings (SSSR count). The topological polar surface area (TPSA) is 34.9 Å². The number of hydrogen-bond donors (Lipinski definition) is 0. The Morgan fingerprint density at radius 1 is 1.40 bits per heavy atom. The van der Waals surface area contributed by atoms with E-state index in [0.29, 0.717) is 24.1 Å². The molecule has 0 saturated heterocycles. The Morgan fingerprint density at radius 3 is 2.93 bits per heavy atom. The number of nitrogens with zero attached hydrogens (tertiary/aromatic N) is 2. The molecule has 0 bridgehead atoms.